The Bertz CT molecular complexity index is 1840. The van der Waals surface area contributed by atoms with Crippen molar-refractivity contribution >= 4 is 44.3 Å². The monoisotopic (exact) mass is 721 g/mol. The van der Waals surface area contributed by atoms with Gasteiger partial charge in [0.2, 0.25) is 27.7 Å². The van der Waals surface area contributed by atoms with E-state index in [1.165, 1.54) is 0 Å². The predicted octanol–water partition coefficient (Wildman–Crippen LogP) is 4.47. The first kappa shape index (κ1) is 35.5. The number of aromatic nitrogens is 1. The molecule has 2 saturated carbocycles. The number of hydrogen-bond acceptors (Lipinski definition) is 9. The molecular weight excluding hydrogens is 671 g/mol. The molecule has 7 rings (SSSR count). The van der Waals surface area contributed by atoms with E-state index in [-0.39, 0.29) is 43.6 Å². The maximum atomic E-state index is 14.3. The van der Waals surface area contributed by atoms with E-state index in [1.807, 2.05) is 36.4 Å². The van der Waals surface area contributed by atoms with Gasteiger partial charge in [0.1, 0.15) is 29.3 Å². The van der Waals surface area contributed by atoms with Crippen molar-refractivity contribution in [3.63, 3.8) is 0 Å². The van der Waals surface area contributed by atoms with E-state index >= 15 is 0 Å². The fraction of sp³-hybridized carbons (Fsp3) is 0.632. The molecule has 0 spiro atoms. The van der Waals surface area contributed by atoms with Crippen molar-refractivity contribution in [2.45, 2.75) is 107 Å². The number of nitrogens with one attached hydrogen (secondary N) is 2. The third kappa shape index (κ3) is 7.15. The second-order valence-corrected chi connectivity index (χ2v) is 18.1. The molecule has 51 heavy (non-hydrogen) atoms. The van der Waals surface area contributed by atoms with Crippen LogP contribution in [-0.4, -0.2) is 85.2 Å². The van der Waals surface area contributed by atoms with Gasteiger partial charge >= 0.3 is 0 Å². The Hall–Kier alpha value is -3.87. The molecule has 12 nitrogen and oxygen atoms in total. The molecule has 3 aliphatic heterocycles. The van der Waals surface area contributed by atoms with Crippen molar-refractivity contribution in [3.05, 3.63) is 36.4 Å². The molecule has 13 heteroatoms. The Morgan fingerprint density at radius 3 is 2.57 bits per heavy atom. The van der Waals surface area contributed by atoms with Crippen molar-refractivity contribution in [2.75, 3.05) is 31.6 Å². The molecule has 2 N–H and O–H groups in total. The number of ether oxygens (including phenoxy) is 2. The summed E-state index contributed by atoms with van der Waals surface area (Å²) in [7, 11) is -2.29. The van der Waals surface area contributed by atoms with Gasteiger partial charge < -0.3 is 24.6 Å². The number of allylic oxidation sites excluding steroid dienone is 1. The Morgan fingerprint density at radius 1 is 1.08 bits per heavy atom. The second-order valence-electron chi connectivity index (χ2n) is 15.9. The van der Waals surface area contributed by atoms with Crippen molar-refractivity contribution in [1.29, 1.82) is 0 Å². The van der Waals surface area contributed by atoms with Crippen LogP contribution >= 0.6 is 0 Å². The lowest BCUT2D eigenvalue weighted by Crippen LogP contribution is -2.57. The second kappa shape index (κ2) is 13.6. The number of hydrogen-bond donors (Lipinski definition) is 2. The minimum absolute atomic E-state index is 0.113. The first-order valence-corrected chi connectivity index (χ1v) is 20.0. The zero-order valence-corrected chi connectivity index (χ0v) is 31.0. The largest absolute Gasteiger partial charge is 0.497 e. The number of nitrogens with zero attached hydrogens (tertiary/aromatic N) is 3. The number of sulfonamides is 1. The van der Waals surface area contributed by atoms with E-state index in [1.54, 1.807) is 18.9 Å². The van der Waals surface area contributed by atoms with Gasteiger partial charge in [-0.3, -0.25) is 19.1 Å². The average molecular weight is 722 g/mol. The Labute approximate surface area is 300 Å². The molecule has 2 saturated heterocycles. The van der Waals surface area contributed by atoms with E-state index in [0.717, 1.165) is 67.5 Å². The molecule has 1 aromatic carbocycles. The highest BCUT2D eigenvalue weighted by molar-refractivity contribution is 7.91. The lowest BCUT2D eigenvalue weighted by molar-refractivity contribution is -0.140. The number of benzene rings is 1. The van der Waals surface area contributed by atoms with Gasteiger partial charge in [-0.2, -0.15) is 4.98 Å². The lowest BCUT2D eigenvalue weighted by atomic mass is 9.91. The van der Waals surface area contributed by atoms with Crippen LogP contribution in [0.4, 0.5) is 5.82 Å². The lowest BCUT2D eigenvalue weighted by Gasteiger charge is -2.28. The van der Waals surface area contributed by atoms with Crippen molar-refractivity contribution in [1.82, 2.24) is 19.9 Å². The number of rotatable bonds is 7. The Morgan fingerprint density at radius 2 is 1.84 bits per heavy atom. The van der Waals surface area contributed by atoms with Crippen molar-refractivity contribution in [2.24, 2.45) is 17.8 Å². The van der Waals surface area contributed by atoms with Crippen LogP contribution in [0.3, 0.4) is 0 Å². The highest BCUT2D eigenvalue weighted by atomic mass is 32.2. The van der Waals surface area contributed by atoms with Crippen LogP contribution in [0.2, 0.25) is 0 Å². The van der Waals surface area contributed by atoms with Crippen LogP contribution in [0.15, 0.2) is 36.4 Å². The van der Waals surface area contributed by atoms with Gasteiger partial charge in [-0.05, 0) is 99.8 Å². The molecular formula is C38H51N5O7S. The van der Waals surface area contributed by atoms with Crippen LogP contribution in [0.1, 0.15) is 85.0 Å². The van der Waals surface area contributed by atoms with Gasteiger partial charge in [0.15, 0.2) is 0 Å². The average Bonchev–Trinajstić information content (AvgIpc) is 3.83. The zero-order valence-electron chi connectivity index (χ0n) is 30.2. The number of methoxy groups -OCH3 is 1. The molecule has 1 unspecified atom stereocenters. The summed E-state index contributed by atoms with van der Waals surface area (Å²) >= 11 is 0. The van der Waals surface area contributed by atoms with Crippen LogP contribution in [0, 0.1) is 17.8 Å². The van der Waals surface area contributed by atoms with Gasteiger partial charge in [0.05, 0.1) is 18.4 Å². The summed E-state index contributed by atoms with van der Waals surface area (Å²) in [6.07, 6.45) is 9.91. The molecule has 2 aliphatic carbocycles. The van der Waals surface area contributed by atoms with Crippen LogP contribution in [0.25, 0.3) is 10.8 Å². The summed E-state index contributed by atoms with van der Waals surface area (Å²) in [5, 5.41) is 4.68. The fourth-order valence-corrected chi connectivity index (χ4v) is 9.40. The van der Waals surface area contributed by atoms with E-state index in [2.05, 4.69) is 28.8 Å². The molecule has 0 bridgehead atoms. The first-order chi connectivity index (χ1) is 24.3. The third-order valence-electron chi connectivity index (χ3n) is 11.7. The van der Waals surface area contributed by atoms with Crippen LogP contribution in [-0.2, 0) is 24.4 Å². The Balaban J connectivity index is 1.18. The van der Waals surface area contributed by atoms with Crippen LogP contribution in [0.5, 0.6) is 11.6 Å². The highest BCUT2D eigenvalue weighted by Gasteiger charge is 2.63. The minimum atomic E-state index is -3.92. The molecule has 3 amide bonds. The van der Waals surface area contributed by atoms with Gasteiger partial charge in [-0.15, -0.1) is 0 Å². The number of carbonyl (C=O) groups excluding carboxylic acids is 3. The topological polar surface area (TPSA) is 147 Å². The third-order valence-corrected chi connectivity index (χ3v) is 13.9. The maximum Gasteiger partial charge on any atom is 0.259 e. The molecule has 4 heterocycles. The number of amides is 3. The minimum Gasteiger partial charge on any atom is -0.497 e. The summed E-state index contributed by atoms with van der Waals surface area (Å²) in [6, 6.07) is 6.87. The van der Waals surface area contributed by atoms with Gasteiger partial charge in [-0.1, -0.05) is 26.0 Å². The van der Waals surface area contributed by atoms with E-state index in [9.17, 15) is 22.8 Å². The number of pyridine rings is 1. The number of fused-ring (bicyclic) bond motifs is 3. The zero-order chi connectivity index (χ0) is 36.1. The molecule has 1 aromatic heterocycles. The standard InChI is InChI=1S/C38H51N5O7S/c1-24-9-5-6-10-27-22-38(27,36(46)41-51(47,48)37(3)13-14-37)40-34(45)31-21-29(23-43(31)33(44)18-25(2)17-24)50-35-30-12-11-28(49-4)19-26(30)20-32(39-35)42-15-7-8-16-42/h6,10-12,19-20,24-25,27,29,31H,5,7-9,13-18,21-23H2,1-4H3,(H,40,45)(H,41,46)/b10-6-/t24-,25+,27?,29+,31-,38+/m0/s1. The smallest absolute Gasteiger partial charge is 0.259 e. The van der Waals surface area contributed by atoms with Gasteiger partial charge in [0.25, 0.3) is 5.91 Å². The number of anilines is 1. The van der Waals surface area contributed by atoms with Gasteiger partial charge in [-0.25, -0.2) is 8.42 Å². The summed E-state index contributed by atoms with van der Waals surface area (Å²) < 4.78 is 39.7. The summed E-state index contributed by atoms with van der Waals surface area (Å²) in [5.41, 5.74) is -1.42. The normalized spacial score (nSPS) is 31.5. The van der Waals surface area contributed by atoms with Crippen molar-refractivity contribution < 1.29 is 32.3 Å². The molecule has 0 radical (unpaired) electrons. The summed E-state index contributed by atoms with van der Waals surface area (Å²) in [4.78, 5) is 50.9. The maximum absolute atomic E-state index is 14.3. The quantitative estimate of drug-likeness (QED) is 0.396. The Kier molecular flexibility index (Phi) is 9.47. The molecule has 6 atom stereocenters. The first-order valence-electron chi connectivity index (χ1n) is 18.6. The van der Waals surface area contributed by atoms with Crippen LogP contribution < -0.4 is 24.4 Å². The molecule has 276 valence electrons. The van der Waals surface area contributed by atoms with E-state index in [4.69, 9.17) is 14.5 Å². The highest BCUT2D eigenvalue weighted by Crippen LogP contribution is 2.47. The fourth-order valence-electron chi connectivity index (χ4n) is 8.09. The number of carbonyl (C=O) groups is 3. The van der Waals surface area contributed by atoms with E-state index in [0.29, 0.717) is 24.6 Å². The van der Waals surface area contributed by atoms with Crippen molar-refractivity contribution in [3.8, 4) is 11.6 Å². The molecule has 5 aliphatic rings. The molecule has 2 aromatic rings. The van der Waals surface area contributed by atoms with Gasteiger partial charge in [0, 0.05) is 37.2 Å². The molecule has 4 fully saturated rings. The predicted molar refractivity (Wildman–Crippen MR) is 194 cm³/mol. The summed E-state index contributed by atoms with van der Waals surface area (Å²) in [6.45, 7) is 7.87. The van der Waals surface area contributed by atoms with E-state index < -0.39 is 44.3 Å². The SMILES string of the molecule is COc1ccc2c(O[C@@H]3C[C@H]4C(=O)N[C@]5(C(=O)NS(=O)(=O)C6(C)CC6)CC5/C=C\CC[C@H](C)C[C@@H](C)CC(=O)N4C3)nc(N3CCCC3)cc2c1. The summed E-state index contributed by atoms with van der Waals surface area (Å²) in [5.74, 6) is 0.741.